The summed E-state index contributed by atoms with van der Waals surface area (Å²) in [5.74, 6) is 0. The van der Waals surface area contributed by atoms with E-state index in [2.05, 4.69) is 0 Å². The Hall–Kier alpha value is 1.57. The van der Waals surface area contributed by atoms with Crippen LogP contribution in [0.4, 0.5) is 0 Å². The Morgan fingerprint density at radius 1 is 1.11 bits per heavy atom. The quantitative estimate of drug-likeness (QED) is 0.206. The summed E-state index contributed by atoms with van der Waals surface area (Å²) in [5, 5.41) is 9.00. The van der Waals surface area contributed by atoms with Crippen LogP contribution in [0.25, 0.3) is 0 Å². The molecule has 0 N–H and O–H groups in total. The molecule has 0 aromatic heterocycles. The third kappa shape index (κ3) is 222. The molecule has 0 saturated heterocycles. The van der Waals surface area contributed by atoms with Crippen LogP contribution in [-0.2, 0) is 0 Å². The first-order chi connectivity index (χ1) is 3.15. The summed E-state index contributed by atoms with van der Waals surface area (Å²) in [6.07, 6.45) is 0. The van der Waals surface area contributed by atoms with Gasteiger partial charge in [-0.15, -0.1) is 5.34 Å². The van der Waals surface area contributed by atoms with Gasteiger partial charge < -0.3 is 24.1 Å². The van der Waals surface area contributed by atoms with Crippen molar-refractivity contribution in [3.05, 3.63) is 10.1 Å². The fourth-order valence-corrected chi connectivity index (χ4v) is 0. The fraction of sp³-hybridized carbons (Fsp3) is 0. The minimum absolute atomic E-state index is 0. The maximum absolute atomic E-state index is 8.41. The van der Waals surface area contributed by atoms with Crippen molar-refractivity contribution < 1.29 is 83.9 Å². The van der Waals surface area contributed by atoms with Crippen molar-refractivity contribution in [2.24, 2.45) is 5.34 Å². The maximum atomic E-state index is 8.41. The minimum atomic E-state index is -2.85. The second kappa shape index (κ2) is 22.7. The van der Waals surface area contributed by atoms with Gasteiger partial charge in [0.2, 0.25) is 0 Å². The van der Waals surface area contributed by atoms with E-state index >= 15 is 0 Å². The van der Waals surface area contributed by atoms with Crippen LogP contribution >= 0.6 is 0 Å². The number of hydrogen-bond acceptors (Lipinski definition) is 6. The van der Waals surface area contributed by atoms with E-state index in [1.807, 2.05) is 0 Å². The van der Waals surface area contributed by atoms with Crippen LogP contribution in [0, 0.1) is 20.9 Å². The SMILES string of the molecule is O=N[O-].[Na+].[Na+].[O-][Cl+2]([O-])[O-]. The second-order valence-electron chi connectivity index (χ2n) is 0.264. The molecular weight excluding hydrogens is 175 g/mol. The van der Waals surface area contributed by atoms with Gasteiger partial charge in [-0.25, -0.2) is 0 Å². The summed E-state index contributed by atoms with van der Waals surface area (Å²) in [4.78, 5) is 8.00. The molecule has 0 heterocycles. The topological polar surface area (TPSA) is 122 Å². The van der Waals surface area contributed by atoms with Crippen LogP contribution < -0.4 is 73.1 Å². The summed E-state index contributed by atoms with van der Waals surface area (Å²) in [6, 6.07) is 0. The smallest absolute Gasteiger partial charge is 0.444 e. The molecule has 0 bridgehead atoms. The van der Waals surface area contributed by atoms with E-state index in [1.54, 1.807) is 0 Å². The summed E-state index contributed by atoms with van der Waals surface area (Å²) in [7, 11) is -2.85. The molecule has 0 aliphatic rings. The molecule has 0 rings (SSSR count). The zero-order valence-electron chi connectivity index (χ0n) is 4.87. The molecular formula is ClNNa2O5. The van der Waals surface area contributed by atoms with E-state index < -0.39 is 10.8 Å². The van der Waals surface area contributed by atoms with Crippen molar-refractivity contribution in [2.75, 3.05) is 0 Å². The second-order valence-corrected chi connectivity index (χ2v) is 0.641. The Bertz CT molecular complexity index is 39.2. The van der Waals surface area contributed by atoms with Gasteiger partial charge in [0.25, 0.3) is 0 Å². The number of rotatable bonds is 0. The van der Waals surface area contributed by atoms with Gasteiger partial charge in [-0.1, -0.05) is 0 Å². The first-order valence-electron chi connectivity index (χ1n) is 0.828. The molecule has 0 radical (unpaired) electrons. The van der Waals surface area contributed by atoms with Gasteiger partial charge in [0, 0.05) is 0 Å². The zero-order chi connectivity index (χ0) is 6.28. The van der Waals surface area contributed by atoms with Gasteiger partial charge in [0.05, 0.1) is 10.8 Å². The van der Waals surface area contributed by atoms with E-state index in [0.717, 1.165) is 5.34 Å². The van der Waals surface area contributed by atoms with E-state index in [9.17, 15) is 0 Å². The Labute approximate surface area is 98.2 Å². The van der Waals surface area contributed by atoms with E-state index in [4.69, 9.17) is 24.1 Å². The molecule has 0 fully saturated rings. The third-order valence-corrected chi connectivity index (χ3v) is 0. The van der Waals surface area contributed by atoms with Gasteiger partial charge in [-0.2, -0.15) is 0 Å². The molecule has 9 heavy (non-hydrogen) atoms. The predicted octanol–water partition coefficient (Wildman–Crippen LogP) is -9.31. The normalized spacial score (nSPS) is 5.33. The molecule has 9 heteroatoms. The summed E-state index contributed by atoms with van der Waals surface area (Å²) < 4.78 is 25.2. The summed E-state index contributed by atoms with van der Waals surface area (Å²) >= 11 is 0. The van der Waals surface area contributed by atoms with Gasteiger partial charge in [0.1, 0.15) is 0 Å². The monoisotopic (exact) mass is 175 g/mol. The Balaban J connectivity index is -0.0000000233. The molecule has 6 nitrogen and oxygen atoms in total. The largest absolute Gasteiger partial charge is 1.00 e. The summed E-state index contributed by atoms with van der Waals surface area (Å²) in [5.41, 5.74) is 0. The molecule has 0 aromatic rings. The predicted molar refractivity (Wildman–Crippen MR) is 9.16 cm³/mol. The Morgan fingerprint density at radius 2 is 1.11 bits per heavy atom. The van der Waals surface area contributed by atoms with Gasteiger partial charge in [-0.05, 0) is 0 Å². The van der Waals surface area contributed by atoms with Crippen molar-refractivity contribution in [3.63, 3.8) is 0 Å². The average Bonchev–Trinajstić information content (AvgIpc) is 1.33. The van der Waals surface area contributed by atoms with Crippen LogP contribution in [0.1, 0.15) is 0 Å². The minimum Gasteiger partial charge on any atom is -0.444 e. The Kier molecular flexibility index (Phi) is 56.5. The molecule has 0 aromatic carbocycles. The van der Waals surface area contributed by atoms with Crippen LogP contribution in [0.2, 0.25) is 0 Å². The van der Waals surface area contributed by atoms with Gasteiger partial charge in [0.15, 0.2) is 0 Å². The molecule has 0 saturated carbocycles. The van der Waals surface area contributed by atoms with Crippen molar-refractivity contribution in [3.8, 4) is 0 Å². The van der Waals surface area contributed by atoms with Crippen molar-refractivity contribution in [1.82, 2.24) is 0 Å². The molecule has 44 valence electrons. The molecule has 0 atom stereocenters. The Morgan fingerprint density at radius 3 is 1.11 bits per heavy atom. The standard InChI is InChI=1S/ClO3.HNO2.2Na/c2-1(3)4;2-1-3;;/h;(H,2,3);;/q-1;;2*+1/p-1. The first-order valence-corrected chi connectivity index (χ1v) is 1.75. The molecule has 0 spiro atoms. The molecule has 0 amide bonds. The maximum Gasteiger partial charge on any atom is 1.00 e. The average molecular weight is 175 g/mol. The number of hydrogen-bond donors (Lipinski definition) is 0. The third-order valence-electron chi connectivity index (χ3n) is 0. The van der Waals surface area contributed by atoms with Gasteiger partial charge >= 0.3 is 59.1 Å². The van der Waals surface area contributed by atoms with Crippen molar-refractivity contribution in [1.29, 1.82) is 0 Å². The fourth-order valence-electron chi connectivity index (χ4n) is 0. The van der Waals surface area contributed by atoms with Crippen LogP contribution in [0.15, 0.2) is 5.34 Å². The molecule has 0 aliphatic heterocycles. The van der Waals surface area contributed by atoms with Crippen LogP contribution in [0.5, 0.6) is 0 Å². The number of nitrogens with zero attached hydrogens (tertiary/aromatic N) is 1. The molecule has 0 aliphatic carbocycles. The van der Waals surface area contributed by atoms with E-state index in [-0.39, 0.29) is 59.1 Å². The van der Waals surface area contributed by atoms with Crippen molar-refractivity contribution >= 4 is 0 Å². The van der Waals surface area contributed by atoms with Crippen molar-refractivity contribution in [2.45, 2.75) is 0 Å². The summed E-state index contributed by atoms with van der Waals surface area (Å²) in [6.45, 7) is 0. The van der Waals surface area contributed by atoms with Gasteiger partial charge in [-0.3, -0.25) is 0 Å². The zero-order valence-corrected chi connectivity index (χ0v) is 9.62. The van der Waals surface area contributed by atoms with E-state index in [1.165, 1.54) is 0 Å². The molecule has 0 unspecified atom stereocenters. The van der Waals surface area contributed by atoms with Crippen LogP contribution in [0.3, 0.4) is 0 Å². The first kappa shape index (κ1) is 22.4. The van der Waals surface area contributed by atoms with E-state index in [0.29, 0.717) is 0 Å². The van der Waals surface area contributed by atoms with Crippen LogP contribution in [-0.4, -0.2) is 0 Å². The number of halogens is 1.